The van der Waals surface area contributed by atoms with E-state index in [9.17, 15) is 0 Å². The molecule has 0 unspecified atom stereocenters. The van der Waals surface area contributed by atoms with Gasteiger partial charge in [-0.1, -0.05) is 0 Å². The van der Waals surface area contributed by atoms with Gasteiger partial charge in [-0.25, -0.2) is 0 Å². The average Bonchev–Trinajstić information content (AvgIpc) is 1.82. The van der Waals surface area contributed by atoms with Crippen molar-refractivity contribution in [2.24, 2.45) is 5.73 Å². The molecular formula is C6H15N2O+. The highest BCUT2D eigenvalue weighted by atomic mass is 16.3. The van der Waals surface area contributed by atoms with E-state index in [4.69, 9.17) is 10.8 Å². The van der Waals surface area contributed by atoms with Crippen LogP contribution in [0.25, 0.3) is 0 Å². The maximum Gasteiger partial charge on any atom is 0.239 e. The molecule has 0 aromatic heterocycles. The van der Waals surface area contributed by atoms with Crippen molar-refractivity contribution in [3.8, 4) is 0 Å². The summed E-state index contributed by atoms with van der Waals surface area (Å²) in [7, 11) is 0. The predicted octanol–water partition coefficient (Wildman–Crippen LogP) is -0.612. The Kier molecular flexibility index (Phi) is 4.05. The molecule has 3 heteroatoms. The smallest absolute Gasteiger partial charge is 0.239 e. The third-order valence-corrected chi connectivity index (χ3v) is 1.25. The van der Waals surface area contributed by atoms with Crippen LogP contribution < -0.4 is 5.73 Å². The molecule has 0 rings (SSSR count). The number of nitrogens with zero attached hydrogens (tertiary/aromatic N) is 1. The fourth-order valence-corrected chi connectivity index (χ4v) is 0.705. The van der Waals surface area contributed by atoms with Gasteiger partial charge in [0.25, 0.3) is 0 Å². The van der Waals surface area contributed by atoms with Gasteiger partial charge in [0.2, 0.25) is 5.84 Å². The van der Waals surface area contributed by atoms with Crippen molar-refractivity contribution in [2.45, 2.75) is 13.8 Å². The van der Waals surface area contributed by atoms with E-state index in [-0.39, 0.29) is 6.61 Å². The zero-order valence-corrected chi connectivity index (χ0v) is 6.09. The summed E-state index contributed by atoms with van der Waals surface area (Å²) < 4.78 is 1.92. The Bertz CT molecular complexity index is 106. The lowest BCUT2D eigenvalue weighted by atomic mass is 10.5. The molecule has 54 valence electrons. The summed E-state index contributed by atoms with van der Waals surface area (Å²) in [6, 6.07) is 0. The molecule has 0 aromatic rings. The van der Waals surface area contributed by atoms with Crippen molar-refractivity contribution in [3.05, 3.63) is 0 Å². The fourth-order valence-electron chi connectivity index (χ4n) is 0.705. The minimum absolute atomic E-state index is 0.169. The standard InChI is InChI=1S/C6H14N2O/c1-3-8(4-5-9)6(2)7/h7,9H,3-5H2,1-2H3/p+1. The molecule has 9 heavy (non-hydrogen) atoms. The lowest BCUT2D eigenvalue weighted by Gasteiger charge is -2.01. The maximum absolute atomic E-state index is 8.51. The van der Waals surface area contributed by atoms with E-state index >= 15 is 0 Å². The second-order valence-electron chi connectivity index (χ2n) is 1.94. The Balaban J connectivity index is 3.83. The maximum atomic E-state index is 8.51. The third kappa shape index (κ3) is 3.08. The van der Waals surface area contributed by atoms with Crippen LogP contribution >= 0.6 is 0 Å². The minimum atomic E-state index is 0.169. The molecule has 0 saturated heterocycles. The van der Waals surface area contributed by atoms with E-state index in [1.165, 1.54) is 0 Å². The molecule has 0 aliphatic rings. The summed E-state index contributed by atoms with van der Waals surface area (Å²) in [6.07, 6.45) is 0. The lowest BCUT2D eigenvalue weighted by Crippen LogP contribution is -2.27. The van der Waals surface area contributed by atoms with Crippen LogP contribution in [-0.4, -0.2) is 35.2 Å². The van der Waals surface area contributed by atoms with Crippen molar-refractivity contribution in [3.63, 3.8) is 0 Å². The molecule has 0 aromatic carbocycles. The van der Waals surface area contributed by atoms with E-state index in [1.54, 1.807) is 0 Å². The number of hydrogen-bond donors (Lipinski definition) is 2. The molecule has 0 bridgehead atoms. The number of nitrogens with two attached hydrogens (primary N) is 1. The van der Waals surface area contributed by atoms with Crippen LogP contribution in [0.3, 0.4) is 0 Å². The highest BCUT2D eigenvalue weighted by molar-refractivity contribution is 5.72. The van der Waals surface area contributed by atoms with E-state index < -0.39 is 0 Å². The van der Waals surface area contributed by atoms with Crippen molar-refractivity contribution in [2.75, 3.05) is 19.7 Å². The van der Waals surface area contributed by atoms with Gasteiger partial charge in [-0.2, -0.15) is 0 Å². The Hall–Kier alpha value is -0.570. The van der Waals surface area contributed by atoms with Crippen molar-refractivity contribution in [1.82, 2.24) is 0 Å². The highest BCUT2D eigenvalue weighted by Gasteiger charge is 1.97. The molecule has 3 nitrogen and oxygen atoms in total. The molecule has 0 aliphatic heterocycles. The normalized spacial score (nSPS) is 13.2. The number of aliphatic hydroxyl groups is 1. The Labute approximate surface area is 55.8 Å². The van der Waals surface area contributed by atoms with E-state index in [1.807, 2.05) is 18.4 Å². The zero-order chi connectivity index (χ0) is 7.28. The fraction of sp³-hybridized carbons (Fsp3) is 0.833. The second-order valence-corrected chi connectivity index (χ2v) is 1.94. The van der Waals surface area contributed by atoms with Gasteiger partial charge >= 0.3 is 0 Å². The molecule has 0 aliphatic carbocycles. The number of hydrogen-bond acceptors (Lipinski definition) is 1. The van der Waals surface area contributed by atoms with Gasteiger partial charge in [0.1, 0.15) is 6.54 Å². The monoisotopic (exact) mass is 131 g/mol. The molecule has 3 N–H and O–H groups in total. The van der Waals surface area contributed by atoms with Gasteiger partial charge < -0.3 is 5.11 Å². The van der Waals surface area contributed by atoms with Gasteiger partial charge in [-0.3, -0.25) is 10.3 Å². The van der Waals surface area contributed by atoms with Crippen LogP contribution in [0.5, 0.6) is 0 Å². The predicted molar refractivity (Wildman–Crippen MR) is 37.6 cm³/mol. The van der Waals surface area contributed by atoms with Gasteiger partial charge in [0.05, 0.1) is 13.2 Å². The van der Waals surface area contributed by atoms with Crippen molar-refractivity contribution < 1.29 is 9.68 Å². The van der Waals surface area contributed by atoms with E-state index in [0.717, 1.165) is 12.4 Å². The largest absolute Gasteiger partial charge is 0.392 e. The molecule has 0 atom stereocenters. The Morgan fingerprint density at radius 2 is 2.22 bits per heavy atom. The van der Waals surface area contributed by atoms with Gasteiger partial charge in [-0.15, -0.1) is 0 Å². The van der Waals surface area contributed by atoms with Crippen LogP contribution in [0.1, 0.15) is 13.8 Å². The molecule has 0 spiro atoms. The number of aliphatic hydroxyl groups excluding tert-OH is 1. The summed E-state index contributed by atoms with van der Waals surface area (Å²) in [5, 5.41) is 8.51. The van der Waals surface area contributed by atoms with E-state index in [0.29, 0.717) is 6.54 Å². The topological polar surface area (TPSA) is 49.3 Å². The third-order valence-electron chi connectivity index (χ3n) is 1.25. The van der Waals surface area contributed by atoms with E-state index in [2.05, 4.69) is 0 Å². The first-order valence-electron chi connectivity index (χ1n) is 3.17. The Morgan fingerprint density at radius 3 is 2.33 bits per heavy atom. The van der Waals surface area contributed by atoms with Crippen LogP contribution in [0, 0.1) is 0 Å². The molecule has 0 heterocycles. The van der Waals surface area contributed by atoms with Crippen molar-refractivity contribution in [1.29, 1.82) is 0 Å². The second kappa shape index (κ2) is 4.32. The quantitative estimate of drug-likeness (QED) is 0.305. The molecule has 0 fully saturated rings. The van der Waals surface area contributed by atoms with Crippen molar-refractivity contribution >= 4 is 5.84 Å². The average molecular weight is 131 g/mol. The molecule has 0 saturated carbocycles. The highest BCUT2D eigenvalue weighted by Crippen LogP contribution is 1.73. The molecule has 0 radical (unpaired) electrons. The van der Waals surface area contributed by atoms with Crippen LogP contribution in [-0.2, 0) is 0 Å². The first-order chi connectivity index (χ1) is 4.22. The minimum Gasteiger partial charge on any atom is -0.392 e. The lowest BCUT2D eigenvalue weighted by molar-refractivity contribution is -0.527. The van der Waals surface area contributed by atoms with Gasteiger partial charge in [-0.05, 0) is 6.92 Å². The van der Waals surface area contributed by atoms with Gasteiger partial charge in [0.15, 0.2) is 0 Å². The summed E-state index contributed by atoms with van der Waals surface area (Å²) in [5.41, 5.74) is 5.46. The summed E-state index contributed by atoms with van der Waals surface area (Å²) in [5.74, 6) is 0.770. The first-order valence-corrected chi connectivity index (χ1v) is 3.17. The number of rotatable bonds is 3. The van der Waals surface area contributed by atoms with Crippen LogP contribution in [0.2, 0.25) is 0 Å². The molecule has 0 amide bonds. The number of likely N-dealkylation sites (N-methyl/N-ethyl adjacent to an activating group) is 1. The summed E-state index contributed by atoms with van der Waals surface area (Å²) in [6.45, 7) is 5.51. The van der Waals surface area contributed by atoms with Crippen LogP contribution in [0.15, 0.2) is 0 Å². The van der Waals surface area contributed by atoms with Crippen LogP contribution in [0.4, 0.5) is 0 Å². The summed E-state index contributed by atoms with van der Waals surface area (Å²) in [4.78, 5) is 0. The number of amidine groups is 1. The molecular weight excluding hydrogens is 116 g/mol. The summed E-state index contributed by atoms with van der Waals surface area (Å²) >= 11 is 0. The van der Waals surface area contributed by atoms with Gasteiger partial charge in [0, 0.05) is 6.92 Å². The first kappa shape index (κ1) is 8.43. The Morgan fingerprint density at radius 1 is 1.67 bits per heavy atom. The zero-order valence-electron chi connectivity index (χ0n) is 6.09. The SMILES string of the molecule is CC[N+](CCO)=C(C)N.